The van der Waals surface area contributed by atoms with Gasteiger partial charge in [0, 0.05) is 13.1 Å². The van der Waals surface area contributed by atoms with Crippen molar-refractivity contribution in [2.45, 2.75) is 13.8 Å². The molecule has 0 atom stereocenters. The fraction of sp³-hybridized carbons (Fsp3) is 1.00. The molecule has 0 aliphatic rings. The van der Waals surface area contributed by atoms with E-state index in [1.54, 1.807) is 13.8 Å². The summed E-state index contributed by atoms with van der Waals surface area (Å²) in [6.07, 6.45) is 0. The zero-order valence-corrected chi connectivity index (χ0v) is 9.91. The Kier molecular flexibility index (Phi) is 8.71. The molecule has 0 saturated carbocycles. The molecule has 0 aromatic heterocycles. The van der Waals surface area contributed by atoms with Gasteiger partial charge >= 0.3 is 37.4 Å². The molecular formula is C4H13NNaO4P. The average molecular weight is 193 g/mol. The molecule has 0 spiro atoms. The van der Waals surface area contributed by atoms with Crippen LogP contribution in [0, 0.1) is 0 Å². The van der Waals surface area contributed by atoms with E-state index in [4.69, 9.17) is 9.79 Å². The van der Waals surface area contributed by atoms with Gasteiger partial charge in [0.1, 0.15) is 0 Å². The second-order valence-electron chi connectivity index (χ2n) is 1.69. The van der Waals surface area contributed by atoms with Gasteiger partial charge in [0.15, 0.2) is 0 Å². The minimum atomic E-state index is -4.33. The van der Waals surface area contributed by atoms with Crippen LogP contribution in [0.5, 0.6) is 0 Å². The molecule has 0 saturated heterocycles. The number of hydrogen-bond acceptors (Lipinski definition) is 3. The molecule has 0 aromatic carbocycles. The summed E-state index contributed by atoms with van der Waals surface area (Å²) in [6.45, 7) is 4.42. The first kappa shape index (κ1) is 14.6. The van der Waals surface area contributed by atoms with Gasteiger partial charge in [-0.2, -0.15) is 9.69 Å². The molecular weight excluding hydrogens is 180 g/mol. The first-order valence-electron chi connectivity index (χ1n) is 2.99. The molecule has 0 aliphatic carbocycles. The van der Waals surface area contributed by atoms with Gasteiger partial charge in [0.25, 0.3) is 0 Å². The Morgan fingerprint density at radius 1 is 1.45 bits per heavy atom. The molecule has 5 nitrogen and oxygen atoms in total. The van der Waals surface area contributed by atoms with E-state index in [9.17, 15) is 4.57 Å². The Morgan fingerprint density at radius 2 is 1.82 bits per heavy atom. The SMILES string of the molecule is CCN(CC)OP(=O)(O)O.[H-].[Na+]. The minimum Gasteiger partial charge on any atom is -1.00 e. The first-order chi connectivity index (χ1) is 4.49. The molecule has 0 rings (SSSR count). The Labute approximate surface area is 89.7 Å². The summed E-state index contributed by atoms with van der Waals surface area (Å²) in [4.78, 5) is 16.6. The van der Waals surface area contributed by atoms with Crippen LogP contribution in [0.25, 0.3) is 0 Å². The van der Waals surface area contributed by atoms with Crippen molar-refractivity contribution in [1.29, 1.82) is 0 Å². The quantitative estimate of drug-likeness (QED) is 0.292. The third-order valence-electron chi connectivity index (χ3n) is 0.927. The third-order valence-corrected chi connectivity index (χ3v) is 1.37. The van der Waals surface area contributed by atoms with Gasteiger partial charge in [0.05, 0.1) is 0 Å². The predicted octanol–water partition coefficient (Wildman–Crippen LogP) is -2.53. The number of phosphoric acid groups is 1. The van der Waals surface area contributed by atoms with Crippen LogP contribution in [0.3, 0.4) is 0 Å². The van der Waals surface area contributed by atoms with Gasteiger partial charge in [-0.3, -0.25) is 0 Å². The maximum atomic E-state index is 10.2. The second kappa shape index (κ2) is 6.57. The number of rotatable bonds is 4. The van der Waals surface area contributed by atoms with E-state index < -0.39 is 7.82 Å². The van der Waals surface area contributed by atoms with Crippen molar-refractivity contribution >= 4 is 7.82 Å². The van der Waals surface area contributed by atoms with Crippen LogP contribution < -0.4 is 29.6 Å². The van der Waals surface area contributed by atoms with Gasteiger partial charge in [0.2, 0.25) is 0 Å². The molecule has 0 bridgehead atoms. The predicted molar refractivity (Wildman–Crippen MR) is 37.2 cm³/mol. The summed E-state index contributed by atoms with van der Waals surface area (Å²) in [5.74, 6) is 0. The Hall–Kier alpha value is 1.07. The van der Waals surface area contributed by atoms with E-state index in [1.165, 1.54) is 5.06 Å². The zero-order chi connectivity index (χ0) is 8.20. The molecule has 2 N–H and O–H groups in total. The van der Waals surface area contributed by atoms with Crippen LogP contribution in [-0.2, 0) is 9.19 Å². The van der Waals surface area contributed by atoms with Crippen molar-refractivity contribution in [3.8, 4) is 0 Å². The molecule has 0 aliphatic heterocycles. The standard InChI is InChI=1S/C4H12NO4P.Na.H/c1-3-5(4-2)9-10(6,7)8;;/h3-4H2,1-2H3,(H2,6,7,8);;/q;+1;-1. The van der Waals surface area contributed by atoms with Crippen molar-refractivity contribution in [1.82, 2.24) is 5.06 Å². The maximum absolute atomic E-state index is 10.2. The van der Waals surface area contributed by atoms with Crippen LogP contribution in [-0.4, -0.2) is 27.9 Å². The fourth-order valence-electron chi connectivity index (χ4n) is 0.489. The molecule has 0 heterocycles. The number of nitrogens with zero attached hydrogens (tertiary/aromatic N) is 1. The number of hydroxylamine groups is 2. The average Bonchev–Trinajstić information content (AvgIpc) is 1.81. The summed E-state index contributed by atoms with van der Waals surface area (Å²) >= 11 is 0. The third kappa shape index (κ3) is 8.98. The summed E-state index contributed by atoms with van der Waals surface area (Å²) in [7, 11) is -4.33. The van der Waals surface area contributed by atoms with E-state index in [2.05, 4.69) is 4.62 Å². The van der Waals surface area contributed by atoms with Gasteiger partial charge in [-0.05, 0) is 0 Å². The van der Waals surface area contributed by atoms with Gasteiger partial charge < -0.3 is 11.2 Å². The Balaban J connectivity index is -0.000000405. The van der Waals surface area contributed by atoms with Crippen molar-refractivity contribution in [2.24, 2.45) is 0 Å². The van der Waals surface area contributed by atoms with Crippen molar-refractivity contribution < 1.29 is 50.0 Å². The largest absolute Gasteiger partial charge is 1.00 e. The molecule has 0 amide bonds. The van der Waals surface area contributed by atoms with Gasteiger partial charge in [-0.15, -0.1) is 0 Å². The van der Waals surface area contributed by atoms with E-state index in [1.807, 2.05) is 0 Å². The minimum absolute atomic E-state index is 0. The fourth-order valence-corrected chi connectivity index (χ4v) is 1.02. The summed E-state index contributed by atoms with van der Waals surface area (Å²) in [5.41, 5.74) is 0. The zero-order valence-electron chi connectivity index (χ0n) is 8.02. The van der Waals surface area contributed by atoms with Crippen LogP contribution in [0.4, 0.5) is 0 Å². The smallest absolute Gasteiger partial charge is 1.00 e. The Morgan fingerprint density at radius 3 is 1.91 bits per heavy atom. The van der Waals surface area contributed by atoms with E-state index >= 15 is 0 Å². The van der Waals surface area contributed by atoms with E-state index in [0.717, 1.165) is 0 Å². The number of hydrogen-bond donors (Lipinski definition) is 2. The van der Waals surface area contributed by atoms with E-state index in [-0.39, 0.29) is 31.0 Å². The van der Waals surface area contributed by atoms with Gasteiger partial charge in [-0.25, -0.2) is 4.57 Å². The molecule has 0 unspecified atom stereocenters. The summed E-state index contributed by atoms with van der Waals surface area (Å²) in [6, 6.07) is 0. The molecule has 11 heavy (non-hydrogen) atoms. The molecule has 0 radical (unpaired) electrons. The summed E-state index contributed by atoms with van der Waals surface area (Å²) < 4.78 is 14.4. The van der Waals surface area contributed by atoms with Crippen molar-refractivity contribution in [2.75, 3.05) is 13.1 Å². The topological polar surface area (TPSA) is 70.0 Å². The van der Waals surface area contributed by atoms with Crippen molar-refractivity contribution in [3.05, 3.63) is 0 Å². The van der Waals surface area contributed by atoms with Crippen molar-refractivity contribution in [3.63, 3.8) is 0 Å². The first-order valence-corrected chi connectivity index (χ1v) is 4.52. The maximum Gasteiger partial charge on any atom is 1.00 e. The Bertz CT molecular complexity index is 139. The second-order valence-corrected chi connectivity index (χ2v) is 2.83. The van der Waals surface area contributed by atoms with Crippen LogP contribution in [0.2, 0.25) is 0 Å². The van der Waals surface area contributed by atoms with E-state index in [0.29, 0.717) is 13.1 Å². The van der Waals surface area contributed by atoms with Gasteiger partial charge in [-0.1, -0.05) is 13.8 Å². The molecule has 0 aromatic rings. The van der Waals surface area contributed by atoms with Crippen LogP contribution >= 0.6 is 7.82 Å². The molecule has 7 heteroatoms. The monoisotopic (exact) mass is 193 g/mol. The van der Waals surface area contributed by atoms with Crippen LogP contribution in [0.15, 0.2) is 0 Å². The van der Waals surface area contributed by atoms with Crippen LogP contribution in [0.1, 0.15) is 15.3 Å². The molecule has 64 valence electrons. The normalized spacial score (nSPS) is 11.4. The summed E-state index contributed by atoms with van der Waals surface area (Å²) in [5, 5.41) is 1.20. The molecule has 0 fully saturated rings.